The van der Waals surface area contributed by atoms with Crippen molar-refractivity contribution in [2.24, 2.45) is 5.92 Å². The van der Waals surface area contributed by atoms with Crippen LogP contribution in [0.1, 0.15) is 53.5 Å². The zero-order chi connectivity index (χ0) is 31.8. The molecule has 0 saturated heterocycles. The first-order valence-electron chi connectivity index (χ1n) is 13.9. The van der Waals surface area contributed by atoms with Crippen molar-refractivity contribution in [3.8, 4) is 0 Å². The van der Waals surface area contributed by atoms with E-state index in [1.807, 2.05) is 47.0 Å². The maximum absolute atomic E-state index is 12.9. The highest BCUT2D eigenvalue weighted by Gasteiger charge is 2.29. The number of rotatable bonds is 13. The lowest BCUT2D eigenvalue weighted by molar-refractivity contribution is -0.896. The Morgan fingerprint density at radius 1 is 0.905 bits per heavy atom. The van der Waals surface area contributed by atoms with E-state index in [4.69, 9.17) is 4.74 Å². The Kier molecular flexibility index (Phi) is 11.6. The van der Waals surface area contributed by atoms with E-state index in [0.29, 0.717) is 16.7 Å². The largest absolute Gasteiger partial charge is 0.456 e. The molecule has 1 aliphatic heterocycles. The van der Waals surface area contributed by atoms with Crippen LogP contribution in [0.5, 0.6) is 0 Å². The van der Waals surface area contributed by atoms with Crippen molar-refractivity contribution < 1.29 is 38.0 Å². The zero-order valence-electron chi connectivity index (χ0n) is 25.8. The van der Waals surface area contributed by atoms with E-state index in [0.717, 1.165) is 22.6 Å². The zero-order valence-corrected chi connectivity index (χ0v) is 25.8. The highest BCUT2D eigenvalue weighted by atomic mass is 16.6. The van der Waals surface area contributed by atoms with Gasteiger partial charge in [0, 0.05) is 36.4 Å². The van der Waals surface area contributed by atoms with Crippen molar-refractivity contribution >= 4 is 41.2 Å². The summed E-state index contributed by atoms with van der Waals surface area (Å²) in [5.74, 6) is -3.00. The van der Waals surface area contributed by atoms with Gasteiger partial charge >= 0.3 is 5.97 Å². The van der Waals surface area contributed by atoms with Gasteiger partial charge in [0.15, 0.2) is 6.54 Å². The summed E-state index contributed by atoms with van der Waals surface area (Å²) in [5.41, 5.74) is 0.956. The van der Waals surface area contributed by atoms with Gasteiger partial charge in [0.25, 0.3) is 11.8 Å². The number of likely N-dealkylation sites (N-methyl/N-ethyl adjacent to an activating group) is 1. The number of hydrogen-bond donors (Lipinski definition) is 3. The van der Waals surface area contributed by atoms with Crippen LogP contribution in [0.15, 0.2) is 36.4 Å². The summed E-state index contributed by atoms with van der Waals surface area (Å²) in [6, 6.07) is 5.40. The molecule has 12 nitrogen and oxygen atoms in total. The number of quaternary nitrogens is 1. The van der Waals surface area contributed by atoms with Crippen molar-refractivity contribution in [3.63, 3.8) is 0 Å². The van der Waals surface area contributed by atoms with Crippen LogP contribution in [0.25, 0.3) is 0 Å². The molecule has 0 radical (unpaired) electrons. The highest BCUT2D eigenvalue weighted by Crippen LogP contribution is 2.16. The number of ether oxygens (including phenoxy) is 1. The Balaban J connectivity index is 1.88. The predicted octanol–water partition coefficient (Wildman–Crippen LogP) is 1.50. The Morgan fingerprint density at radius 3 is 2.00 bits per heavy atom. The van der Waals surface area contributed by atoms with Crippen LogP contribution < -0.4 is 16.0 Å². The maximum Gasteiger partial charge on any atom is 0.362 e. The third-order valence-corrected chi connectivity index (χ3v) is 6.29. The first kappa shape index (κ1) is 34.1. The van der Waals surface area contributed by atoms with E-state index in [1.165, 1.54) is 6.92 Å². The maximum atomic E-state index is 12.9. The Morgan fingerprint density at radius 2 is 1.48 bits per heavy atom. The molecule has 0 bridgehead atoms. The van der Waals surface area contributed by atoms with Crippen LogP contribution in [0.2, 0.25) is 0 Å². The van der Waals surface area contributed by atoms with Gasteiger partial charge in [0.2, 0.25) is 17.7 Å². The second kappa shape index (κ2) is 14.2. The molecule has 0 fully saturated rings. The number of anilines is 1. The highest BCUT2D eigenvalue weighted by molar-refractivity contribution is 6.13. The lowest BCUT2D eigenvalue weighted by Gasteiger charge is -2.30. The van der Waals surface area contributed by atoms with Gasteiger partial charge in [-0.05, 0) is 45.7 Å². The molecule has 42 heavy (non-hydrogen) atoms. The van der Waals surface area contributed by atoms with Crippen molar-refractivity contribution in [2.45, 2.75) is 72.2 Å². The molecule has 0 unspecified atom stereocenters. The smallest absolute Gasteiger partial charge is 0.362 e. The summed E-state index contributed by atoms with van der Waals surface area (Å²) in [6.07, 6.45) is 2.12. The van der Waals surface area contributed by atoms with Crippen molar-refractivity contribution in [1.82, 2.24) is 15.5 Å². The van der Waals surface area contributed by atoms with Gasteiger partial charge in [-0.2, -0.15) is 0 Å². The molecule has 0 spiro atoms. The Hall–Kier alpha value is -4.06. The number of hydrogen-bond acceptors (Lipinski definition) is 7. The molecule has 2 rings (SSSR count). The van der Waals surface area contributed by atoms with Crippen LogP contribution in [0.3, 0.4) is 0 Å². The molecule has 5 amide bonds. The number of carbonyl (C=O) groups is 6. The van der Waals surface area contributed by atoms with Crippen LogP contribution >= 0.6 is 0 Å². The minimum atomic E-state index is -0.919. The van der Waals surface area contributed by atoms with Crippen molar-refractivity contribution in [3.05, 3.63) is 42.0 Å². The van der Waals surface area contributed by atoms with Gasteiger partial charge in [-0.1, -0.05) is 26.0 Å². The van der Waals surface area contributed by atoms with Crippen LogP contribution in [-0.2, 0) is 40.0 Å². The van der Waals surface area contributed by atoms with E-state index in [-0.39, 0.29) is 31.4 Å². The number of nitrogens with zero attached hydrogens (tertiary/aromatic N) is 2. The van der Waals surface area contributed by atoms with Crippen molar-refractivity contribution in [2.75, 3.05) is 32.5 Å². The normalized spacial score (nSPS) is 14.9. The number of esters is 1. The van der Waals surface area contributed by atoms with Gasteiger partial charge < -0.3 is 25.2 Å². The molecule has 1 aromatic carbocycles. The lowest BCUT2D eigenvalue weighted by Crippen LogP contribution is -2.54. The monoisotopic (exact) mass is 586 g/mol. The van der Waals surface area contributed by atoms with Crippen molar-refractivity contribution in [1.29, 1.82) is 0 Å². The van der Waals surface area contributed by atoms with E-state index in [1.54, 1.807) is 26.0 Å². The van der Waals surface area contributed by atoms with Crippen LogP contribution in [-0.4, -0.2) is 89.8 Å². The third kappa shape index (κ3) is 11.1. The average Bonchev–Trinajstić information content (AvgIpc) is 3.17. The second-order valence-corrected chi connectivity index (χ2v) is 12.5. The first-order chi connectivity index (χ1) is 19.4. The molecular formula is C30H44N5O7+. The first-order valence-corrected chi connectivity index (χ1v) is 13.9. The van der Waals surface area contributed by atoms with E-state index in [2.05, 4.69) is 16.0 Å². The minimum absolute atomic E-state index is 0.0964. The molecule has 1 heterocycles. The number of imide groups is 1. The lowest BCUT2D eigenvalue weighted by atomic mass is 10.0. The summed E-state index contributed by atoms with van der Waals surface area (Å²) >= 11 is 0. The SMILES string of the molecule is CC(C)[C@H](NC(=O)CCN1C(=O)C=CC1=O)C(=O)N[C@@H](C)C(=O)Nc1ccc(C[N+](C)(C)CC(=O)OC(C)(C)C)cc1. The van der Waals surface area contributed by atoms with Crippen LogP contribution in [0.4, 0.5) is 5.69 Å². The summed E-state index contributed by atoms with van der Waals surface area (Å²) in [6.45, 7) is 11.2. The predicted molar refractivity (Wildman–Crippen MR) is 156 cm³/mol. The van der Waals surface area contributed by atoms with Gasteiger partial charge in [-0.15, -0.1) is 0 Å². The number of benzene rings is 1. The van der Waals surface area contributed by atoms with Gasteiger partial charge in [0.05, 0.1) is 14.1 Å². The van der Waals surface area contributed by atoms with Gasteiger partial charge in [-0.3, -0.25) is 28.9 Å². The fraction of sp³-hybridized carbons (Fsp3) is 0.533. The third-order valence-electron chi connectivity index (χ3n) is 6.29. The Bertz CT molecular complexity index is 1200. The quantitative estimate of drug-likeness (QED) is 0.180. The molecule has 230 valence electrons. The Labute approximate surface area is 247 Å². The molecule has 1 aliphatic rings. The van der Waals surface area contributed by atoms with E-state index < -0.39 is 47.2 Å². The fourth-order valence-electron chi connectivity index (χ4n) is 4.23. The summed E-state index contributed by atoms with van der Waals surface area (Å²) in [5, 5.41) is 8.03. The number of nitrogens with one attached hydrogen (secondary N) is 3. The summed E-state index contributed by atoms with van der Waals surface area (Å²) in [7, 11) is 3.87. The summed E-state index contributed by atoms with van der Waals surface area (Å²) < 4.78 is 5.82. The molecule has 0 saturated carbocycles. The molecule has 0 aliphatic carbocycles. The fourth-order valence-corrected chi connectivity index (χ4v) is 4.23. The van der Waals surface area contributed by atoms with Gasteiger partial charge in [-0.25, -0.2) is 4.79 Å². The van der Waals surface area contributed by atoms with Crippen LogP contribution in [0, 0.1) is 5.92 Å². The number of carbonyl (C=O) groups excluding carboxylic acids is 6. The molecule has 12 heteroatoms. The molecular weight excluding hydrogens is 542 g/mol. The molecule has 3 N–H and O–H groups in total. The molecule has 1 aromatic rings. The van der Waals surface area contributed by atoms with E-state index >= 15 is 0 Å². The van der Waals surface area contributed by atoms with Gasteiger partial charge in [0.1, 0.15) is 24.2 Å². The number of amides is 5. The van der Waals surface area contributed by atoms with E-state index in [9.17, 15) is 28.8 Å². The molecule has 0 aromatic heterocycles. The topological polar surface area (TPSA) is 151 Å². The second-order valence-electron chi connectivity index (χ2n) is 12.5. The average molecular weight is 587 g/mol. The minimum Gasteiger partial charge on any atom is -0.456 e. The molecule has 2 atom stereocenters. The summed E-state index contributed by atoms with van der Waals surface area (Å²) in [4.78, 5) is 74.7. The standard InChI is InChI=1S/C30H43N5O7/c1-19(2)27(33-23(36)15-16-34-24(37)13-14-25(34)38)29(41)31-20(3)28(40)32-22-11-9-21(10-12-22)17-35(7,8)18-26(39)42-30(4,5)6/h9-14,19-20,27H,15-18H2,1-8H3,(H2-,31,32,33,36,40,41)/p+1/t20-,27-/m0/s1.